The molecule has 0 atom stereocenters. The van der Waals surface area contributed by atoms with E-state index in [9.17, 15) is 9.59 Å². The number of methoxy groups -OCH3 is 1. The van der Waals surface area contributed by atoms with Gasteiger partial charge in [-0.3, -0.25) is 9.69 Å². The topological polar surface area (TPSA) is 84.5 Å². The number of fused-ring (bicyclic) bond motifs is 1. The van der Waals surface area contributed by atoms with Crippen LogP contribution >= 0.6 is 22.9 Å². The largest absolute Gasteiger partial charge is 0.495 e. The fraction of sp³-hybridized carbons (Fsp3) is 0.136. The van der Waals surface area contributed by atoms with Crippen LogP contribution in [0.2, 0.25) is 5.02 Å². The standard InChI is InChI=1S/C22H18ClN3O4S/c1-13(27)26(19-5-3-4-6-20(19)29-2)22-24-16(12-31-22)11-30-21(28)18-10-14-9-15(23)7-8-17(14)25-18/h3-10,12,25H,11H2,1-2H3. The second-order valence-corrected chi connectivity index (χ2v) is 7.91. The van der Waals surface area contributed by atoms with E-state index in [1.165, 1.54) is 23.2 Å². The van der Waals surface area contributed by atoms with Crippen molar-refractivity contribution in [1.29, 1.82) is 0 Å². The SMILES string of the molecule is COc1ccccc1N(C(C)=O)c1nc(COC(=O)c2cc3cc(Cl)ccc3[nH]2)cs1. The van der Waals surface area contributed by atoms with Gasteiger partial charge in [-0.15, -0.1) is 11.3 Å². The molecule has 0 aliphatic carbocycles. The van der Waals surface area contributed by atoms with Crippen LogP contribution in [-0.4, -0.2) is 29.0 Å². The maximum Gasteiger partial charge on any atom is 0.355 e. The summed E-state index contributed by atoms with van der Waals surface area (Å²) in [5, 5.41) is 3.62. The molecule has 1 amide bonds. The molecule has 0 unspecified atom stereocenters. The van der Waals surface area contributed by atoms with E-state index < -0.39 is 5.97 Å². The highest BCUT2D eigenvalue weighted by atomic mass is 35.5. The molecule has 158 valence electrons. The van der Waals surface area contributed by atoms with E-state index in [2.05, 4.69) is 9.97 Å². The van der Waals surface area contributed by atoms with Crippen LogP contribution in [-0.2, 0) is 16.1 Å². The zero-order valence-corrected chi connectivity index (χ0v) is 18.3. The Morgan fingerprint density at radius 2 is 2.00 bits per heavy atom. The number of carbonyl (C=O) groups excluding carboxylic acids is 2. The minimum Gasteiger partial charge on any atom is -0.495 e. The van der Waals surface area contributed by atoms with Crippen LogP contribution < -0.4 is 9.64 Å². The fourth-order valence-electron chi connectivity index (χ4n) is 3.12. The minimum atomic E-state index is -0.505. The van der Waals surface area contributed by atoms with Crippen LogP contribution in [0.4, 0.5) is 10.8 Å². The minimum absolute atomic E-state index is 0.0247. The van der Waals surface area contributed by atoms with Crippen molar-refractivity contribution < 1.29 is 19.1 Å². The molecule has 0 aliphatic rings. The summed E-state index contributed by atoms with van der Waals surface area (Å²) in [6.45, 7) is 1.43. The first-order valence-electron chi connectivity index (χ1n) is 9.30. The highest BCUT2D eigenvalue weighted by Crippen LogP contribution is 2.35. The summed E-state index contributed by atoms with van der Waals surface area (Å²) in [6.07, 6.45) is 0. The molecule has 9 heteroatoms. The molecule has 0 saturated carbocycles. The summed E-state index contributed by atoms with van der Waals surface area (Å²) < 4.78 is 10.8. The van der Waals surface area contributed by atoms with E-state index in [-0.39, 0.29) is 12.5 Å². The molecular weight excluding hydrogens is 438 g/mol. The first kappa shape index (κ1) is 20.9. The lowest BCUT2D eigenvalue weighted by molar-refractivity contribution is -0.115. The molecule has 2 heterocycles. The molecule has 0 saturated heterocycles. The Labute approximate surface area is 187 Å². The van der Waals surface area contributed by atoms with Gasteiger partial charge in [-0.25, -0.2) is 9.78 Å². The van der Waals surface area contributed by atoms with Gasteiger partial charge >= 0.3 is 5.97 Å². The van der Waals surface area contributed by atoms with E-state index in [0.29, 0.717) is 33.0 Å². The van der Waals surface area contributed by atoms with E-state index in [1.54, 1.807) is 48.9 Å². The molecular formula is C22H18ClN3O4S. The number of para-hydroxylation sites is 2. The Bertz CT molecular complexity index is 1270. The van der Waals surface area contributed by atoms with Gasteiger partial charge in [0.2, 0.25) is 5.91 Å². The van der Waals surface area contributed by atoms with Gasteiger partial charge in [0.1, 0.15) is 18.1 Å². The molecule has 0 bridgehead atoms. The number of benzene rings is 2. The number of halogens is 1. The van der Waals surface area contributed by atoms with Crippen molar-refractivity contribution in [3.05, 3.63) is 70.3 Å². The number of amides is 1. The highest BCUT2D eigenvalue weighted by Gasteiger charge is 2.21. The van der Waals surface area contributed by atoms with Gasteiger partial charge in [0.05, 0.1) is 18.5 Å². The van der Waals surface area contributed by atoms with Gasteiger partial charge in [0.25, 0.3) is 0 Å². The molecule has 0 fully saturated rings. The Kier molecular flexibility index (Phi) is 5.92. The third-order valence-corrected chi connectivity index (χ3v) is 5.64. The first-order chi connectivity index (χ1) is 15.0. The molecule has 7 nitrogen and oxygen atoms in total. The second kappa shape index (κ2) is 8.79. The average Bonchev–Trinajstić information content (AvgIpc) is 3.39. The molecule has 0 spiro atoms. The van der Waals surface area contributed by atoms with Gasteiger partial charge in [0, 0.05) is 28.2 Å². The summed E-state index contributed by atoms with van der Waals surface area (Å²) in [6, 6.07) is 14.2. The number of anilines is 2. The normalized spacial score (nSPS) is 10.8. The number of hydrogen-bond acceptors (Lipinski definition) is 6. The maximum atomic E-state index is 12.4. The Balaban J connectivity index is 1.50. The number of nitrogens with one attached hydrogen (secondary N) is 1. The summed E-state index contributed by atoms with van der Waals surface area (Å²) in [4.78, 5) is 33.7. The number of aromatic amines is 1. The van der Waals surface area contributed by atoms with Gasteiger partial charge in [-0.1, -0.05) is 23.7 Å². The quantitative estimate of drug-likeness (QED) is 0.397. The number of thiazole rings is 1. The number of hydrogen-bond donors (Lipinski definition) is 1. The lowest BCUT2D eigenvalue weighted by Gasteiger charge is -2.20. The predicted octanol–water partition coefficient (Wildman–Crippen LogP) is 5.33. The lowest BCUT2D eigenvalue weighted by atomic mass is 10.2. The Hall–Kier alpha value is -3.36. The predicted molar refractivity (Wildman–Crippen MR) is 120 cm³/mol. The van der Waals surface area contributed by atoms with Crippen molar-refractivity contribution >= 4 is 56.5 Å². The number of aromatic nitrogens is 2. The zero-order chi connectivity index (χ0) is 22.0. The molecule has 2 aromatic heterocycles. The van der Waals surface area contributed by atoms with Crippen LogP contribution in [0.25, 0.3) is 10.9 Å². The van der Waals surface area contributed by atoms with Crippen LogP contribution in [0, 0.1) is 0 Å². The van der Waals surface area contributed by atoms with E-state index in [0.717, 1.165) is 10.9 Å². The fourth-order valence-corrected chi connectivity index (χ4v) is 4.16. The Morgan fingerprint density at radius 1 is 1.19 bits per heavy atom. The number of esters is 1. The van der Waals surface area contributed by atoms with Crippen molar-refractivity contribution in [1.82, 2.24) is 9.97 Å². The van der Waals surface area contributed by atoms with Crippen molar-refractivity contribution in [2.45, 2.75) is 13.5 Å². The highest BCUT2D eigenvalue weighted by molar-refractivity contribution is 7.14. The molecule has 0 aliphatic heterocycles. The molecule has 2 aromatic carbocycles. The van der Waals surface area contributed by atoms with Crippen LogP contribution in [0.5, 0.6) is 5.75 Å². The maximum absolute atomic E-state index is 12.4. The first-order valence-corrected chi connectivity index (χ1v) is 10.6. The van der Waals surface area contributed by atoms with E-state index >= 15 is 0 Å². The van der Waals surface area contributed by atoms with Crippen LogP contribution in [0.1, 0.15) is 23.1 Å². The number of ether oxygens (including phenoxy) is 2. The summed E-state index contributed by atoms with van der Waals surface area (Å²) in [7, 11) is 1.54. The molecule has 4 rings (SSSR count). The molecule has 31 heavy (non-hydrogen) atoms. The second-order valence-electron chi connectivity index (χ2n) is 6.64. The van der Waals surface area contributed by atoms with E-state index in [1.807, 2.05) is 12.1 Å². The summed E-state index contributed by atoms with van der Waals surface area (Å²) in [5.41, 5.74) is 2.24. The summed E-state index contributed by atoms with van der Waals surface area (Å²) in [5.74, 6) is -0.158. The van der Waals surface area contributed by atoms with Gasteiger partial charge in [-0.2, -0.15) is 0 Å². The van der Waals surface area contributed by atoms with Gasteiger partial charge < -0.3 is 14.5 Å². The van der Waals surface area contributed by atoms with E-state index in [4.69, 9.17) is 21.1 Å². The smallest absolute Gasteiger partial charge is 0.355 e. The number of rotatable bonds is 6. The monoisotopic (exact) mass is 455 g/mol. The van der Waals surface area contributed by atoms with Gasteiger partial charge in [0.15, 0.2) is 5.13 Å². The van der Waals surface area contributed by atoms with Crippen molar-refractivity contribution in [3.8, 4) is 5.75 Å². The lowest BCUT2D eigenvalue weighted by Crippen LogP contribution is -2.23. The third kappa shape index (κ3) is 4.40. The average molecular weight is 456 g/mol. The zero-order valence-electron chi connectivity index (χ0n) is 16.7. The number of nitrogens with zero attached hydrogens (tertiary/aromatic N) is 2. The molecule has 1 N–H and O–H groups in total. The van der Waals surface area contributed by atoms with Crippen molar-refractivity contribution in [2.75, 3.05) is 12.0 Å². The molecule has 4 aromatic rings. The van der Waals surface area contributed by atoms with Crippen LogP contribution in [0.3, 0.4) is 0 Å². The number of carbonyl (C=O) groups is 2. The van der Waals surface area contributed by atoms with Crippen LogP contribution in [0.15, 0.2) is 53.9 Å². The summed E-state index contributed by atoms with van der Waals surface area (Å²) >= 11 is 7.27. The third-order valence-electron chi connectivity index (χ3n) is 4.53. The van der Waals surface area contributed by atoms with Crippen molar-refractivity contribution in [3.63, 3.8) is 0 Å². The van der Waals surface area contributed by atoms with Gasteiger partial charge in [-0.05, 0) is 36.4 Å². The molecule has 0 radical (unpaired) electrons. The van der Waals surface area contributed by atoms with Crippen molar-refractivity contribution in [2.24, 2.45) is 0 Å². The number of H-pyrrole nitrogens is 1. The Morgan fingerprint density at radius 3 is 2.77 bits per heavy atom.